The molecule has 6 nitrogen and oxygen atoms in total. The summed E-state index contributed by atoms with van der Waals surface area (Å²) in [6.45, 7) is 9.76. The third-order valence-corrected chi connectivity index (χ3v) is 5.41. The van der Waals surface area contributed by atoms with Crippen molar-refractivity contribution < 1.29 is 24.2 Å². The first kappa shape index (κ1) is 24.4. The van der Waals surface area contributed by atoms with Crippen molar-refractivity contribution in [2.24, 2.45) is 11.7 Å². The van der Waals surface area contributed by atoms with Crippen LogP contribution < -0.4 is 5.73 Å². The van der Waals surface area contributed by atoms with Crippen LogP contribution in [0.2, 0.25) is 0 Å². The lowest BCUT2D eigenvalue weighted by molar-refractivity contribution is -0.167. The molecule has 1 amide bonds. The van der Waals surface area contributed by atoms with Gasteiger partial charge in [-0.05, 0) is 64.4 Å². The van der Waals surface area contributed by atoms with Crippen LogP contribution in [-0.2, 0) is 19.1 Å². The Morgan fingerprint density at radius 2 is 2.07 bits per heavy atom. The summed E-state index contributed by atoms with van der Waals surface area (Å²) in [7, 11) is 0. The molecule has 0 aliphatic carbocycles. The first-order valence-corrected chi connectivity index (χ1v) is 10.1. The number of aliphatic hydroxyl groups is 1. The second-order valence-corrected chi connectivity index (χ2v) is 8.40. The van der Waals surface area contributed by atoms with Gasteiger partial charge in [-0.3, -0.25) is 9.59 Å². The predicted molar refractivity (Wildman–Crippen MR) is 109 cm³/mol. The Morgan fingerprint density at radius 1 is 1.39 bits per heavy atom. The summed E-state index contributed by atoms with van der Waals surface area (Å²) in [6, 6.07) is 0. The van der Waals surface area contributed by atoms with Gasteiger partial charge in [-0.1, -0.05) is 25.0 Å². The molecule has 0 saturated carbocycles. The molecule has 0 aromatic rings. The van der Waals surface area contributed by atoms with Crippen molar-refractivity contribution in [1.29, 1.82) is 0 Å². The molecular weight excluding hydrogens is 358 g/mol. The number of ether oxygens (including phenoxy) is 2. The van der Waals surface area contributed by atoms with Gasteiger partial charge < -0.3 is 20.3 Å². The number of carbonyl (C=O) groups is 2. The maximum atomic E-state index is 11.6. The molecule has 0 radical (unpaired) electrons. The summed E-state index contributed by atoms with van der Waals surface area (Å²) < 4.78 is 11.7. The zero-order valence-electron chi connectivity index (χ0n) is 18.0. The number of allylic oxidation sites excluding steroid dienone is 1. The van der Waals surface area contributed by atoms with Gasteiger partial charge >= 0.3 is 5.97 Å². The summed E-state index contributed by atoms with van der Waals surface area (Å²) in [5.74, 6) is -0.666. The van der Waals surface area contributed by atoms with Gasteiger partial charge in [0, 0.05) is 13.0 Å². The Bertz CT molecular complexity index is 594. The van der Waals surface area contributed by atoms with Crippen molar-refractivity contribution >= 4 is 11.9 Å². The molecule has 160 valence electrons. The van der Waals surface area contributed by atoms with Crippen LogP contribution in [0.4, 0.5) is 0 Å². The predicted octanol–water partition coefficient (Wildman–Crippen LogP) is 3.42. The standard InChI is InChI=1S/C22H37NO5/c1-15(2)8-10-19(25)16(3)7-6-12-22(5)20(28-17(4)24)11-9-18(14-27-22)13-21(23)26/h8,13,16,19-20,25H,6-7,9-12,14H2,1-5H3,(H2,23,26)/t16?,19?,20-,22+/m1/s1. The topological polar surface area (TPSA) is 98.9 Å². The molecule has 1 aliphatic rings. The molecule has 0 aromatic heterocycles. The molecule has 3 N–H and O–H groups in total. The van der Waals surface area contributed by atoms with Crippen LogP contribution in [0, 0.1) is 5.92 Å². The van der Waals surface area contributed by atoms with E-state index in [0.717, 1.165) is 18.4 Å². The van der Waals surface area contributed by atoms with E-state index in [0.29, 0.717) is 32.3 Å². The highest BCUT2D eigenvalue weighted by Crippen LogP contribution is 2.34. The van der Waals surface area contributed by atoms with E-state index >= 15 is 0 Å². The highest BCUT2D eigenvalue weighted by molar-refractivity contribution is 5.86. The molecule has 6 heteroatoms. The van der Waals surface area contributed by atoms with E-state index in [2.05, 4.69) is 13.0 Å². The minimum Gasteiger partial charge on any atom is -0.459 e. The fourth-order valence-electron chi connectivity index (χ4n) is 3.53. The van der Waals surface area contributed by atoms with E-state index < -0.39 is 11.5 Å². The Labute approximate surface area is 169 Å². The maximum Gasteiger partial charge on any atom is 0.303 e. The Kier molecular flexibility index (Phi) is 9.90. The number of esters is 1. The highest BCUT2D eigenvalue weighted by atomic mass is 16.6. The van der Waals surface area contributed by atoms with E-state index in [1.165, 1.54) is 18.6 Å². The molecule has 0 aromatic carbocycles. The van der Waals surface area contributed by atoms with E-state index in [4.69, 9.17) is 15.2 Å². The van der Waals surface area contributed by atoms with Crippen molar-refractivity contribution in [2.45, 2.75) is 91.0 Å². The molecule has 0 bridgehead atoms. The lowest BCUT2D eigenvalue weighted by Crippen LogP contribution is -2.43. The number of primary amides is 1. The molecule has 1 aliphatic heterocycles. The number of amides is 1. The molecule has 1 rings (SSSR count). The van der Waals surface area contributed by atoms with E-state index in [-0.39, 0.29) is 24.1 Å². The molecule has 1 fully saturated rings. The van der Waals surface area contributed by atoms with Gasteiger partial charge in [0.05, 0.1) is 12.7 Å². The smallest absolute Gasteiger partial charge is 0.303 e. The molecule has 28 heavy (non-hydrogen) atoms. The molecular formula is C22H37NO5. The first-order chi connectivity index (χ1) is 13.0. The van der Waals surface area contributed by atoms with Crippen LogP contribution >= 0.6 is 0 Å². The zero-order chi connectivity index (χ0) is 21.3. The Morgan fingerprint density at radius 3 is 2.64 bits per heavy atom. The van der Waals surface area contributed by atoms with Gasteiger partial charge in [0.15, 0.2) is 0 Å². The van der Waals surface area contributed by atoms with Crippen LogP contribution in [0.3, 0.4) is 0 Å². The number of aliphatic hydroxyl groups excluding tert-OH is 1. The average Bonchev–Trinajstić information content (AvgIpc) is 2.72. The van der Waals surface area contributed by atoms with E-state index in [9.17, 15) is 14.7 Å². The van der Waals surface area contributed by atoms with Crippen LogP contribution in [0.1, 0.15) is 73.1 Å². The van der Waals surface area contributed by atoms with Crippen LogP contribution in [-0.4, -0.2) is 41.4 Å². The third kappa shape index (κ3) is 8.57. The van der Waals surface area contributed by atoms with Gasteiger partial charge in [0.25, 0.3) is 0 Å². The van der Waals surface area contributed by atoms with Crippen molar-refractivity contribution in [3.8, 4) is 0 Å². The van der Waals surface area contributed by atoms with Crippen LogP contribution in [0.5, 0.6) is 0 Å². The summed E-state index contributed by atoms with van der Waals surface area (Å²) in [5.41, 5.74) is 6.64. The van der Waals surface area contributed by atoms with Gasteiger partial charge in [-0.25, -0.2) is 0 Å². The van der Waals surface area contributed by atoms with Crippen molar-refractivity contribution in [3.05, 3.63) is 23.3 Å². The second-order valence-electron chi connectivity index (χ2n) is 8.40. The summed E-state index contributed by atoms with van der Waals surface area (Å²) in [6.07, 6.45) is 6.97. The van der Waals surface area contributed by atoms with Gasteiger partial charge in [-0.2, -0.15) is 0 Å². The normalized spacial score (nSPS) is 26.2. The SMILES string of the molecule is CC(=O)O[C@@H]1CCC(=CC(N)=O)CO[C@@]1(C)CCCC(C)C(O)CC=C(C)C. The number of carbonyl (C=O) groups excluding carboxylic acids is 2. The summed E-state index contributed by atoms with van der Waals surface area (Å²) >= 11 is 0. The lowest BCUT2D eigenvalue weighted by atomic mass is 9.87. The van der Waals surface area contributed by atoms with Crippen LogP contribution in [0.15, 0.2) is 23.3 Å². The number of hydrogen-bond acceptors (Lipinski definition) is 5. The molecule has 1 heterocycles. The highest BCUT2D eigenvalue weighted by Gasteiger charge is 2.39. The fraction of sp³-hybridized carbons (Fsp3) is 0.727. The van der Waals surface area contributed by atoms with E-state index in [1.54, 1.807) is 0 Å². The van der Waals surface area contributed by atoms with Gasteiger partial charge in [-0.15, -0.1) is 0 Å². The summed E-state index contributed by atoms with van der Waals surface area (Å²) in [4.78, 5) is 22.7. The van der Waals surface area contributed by atoms with Crippen molar-refractivity contribution in [1.82, 2.24) is 0 Å². The summed E-state index contributed by atoms with van der Waals surface area (Å²) in [5, 5.41) is 10.3. The maximum absolute atomic E-state index is 11.6. The minimum absolute atomic E-state index is 0.169. The van der Waals surface area contributed by atoms with Crippen LogP contribution in [0.25, 0.3) is 0 Å². The van der Waals surface area contributed by atoms with E-state index in [1.807, 2.05) is 20.8 Å². The molecule has 4 atom stereocenters. The quantitative estimate of drug-likeness (QED) is 0.354. The van der Waals surface area contributed by atoms with Gasteiger partial charge in [0.1, 0.15) is 11.7 Å². The Hall–Kier alpha value is -1.66. The zero-order valence-corrected chi connectivity index (χ0v) is 18.0. The lowest BCUT2D eigenvalue weighted by Gasteiger charge is -2.35. The number of hydrogen-bond donors (Lipinski definition) is 2. The Balaban J connectivity index is 2.72. The molecule has 0 spiro atoms. The fourth-order valence-corrected chi connectivity index (χ4v) is 3.53. The minimum atomic E-state index is -0.635. The number of nitrogens with two attached hydrogens (primary N) is 1. The monoisotopic (exact) mass is 395 g/mol. The molecule has 1 saturated heterocycles. The van der Waals surface area contributed by atoms with Crippen molar-refractivity contribution in [2.75, 3.05) is 6.61 Å². The first-order valence-electron chi connectivity index (χ1n) is 10.1. The molecule has 2 unspecified atom stereocenters. The third-order valence-electron chi connectivity index (χ3n) is 5.41. The average molecular weight is 396 g/mol. The van der Waals surface area contributed by atoms with Gasteiger partial charge in [0.2, 0.25) is 5.91 Å². The number of rotatable bonds is 9. The van der Waals surface area contributed by atoms with Crippen molar-refractivity contribution in [3.63, 3.8) is 0 Å². The second kappa shape index (κ2) is 11.4. The largest absolute Gasteiger partial charge is 0.459 e.